The van der Waals surface area contributed by atoms with Crippen molar-refractivity contribution in [1.29, 1.82) is 0 Å². The standard InChI is InChI=1S/C15H14N4O2/c16-11-6-7-13(17-10-11)15-18-14(19-21-15)8-9-20-12-4-2-1-3-5-12/h1-7,10H,8-9,16H2. The number of rotatable bonds is 5. The van der Waals surface area contributed by atoms with Crippen LogP contribution in [-0.4, -0.2) is 21.7 Å². The molecule has 0 radical (unpaired) electrons. The maximum Gasteiger partial charge on any atom is 0.276 e. The number of nitrogens with zero attached hydrogens (tertiary/aromatic N) is 3. The second-order valence-corrected chi connectivity index (χ2v) is 4.40. The highest BCUT2D eigenvalue weighted by Crippen LogP contribution is 2.15. The van der Waals surface area contributed by atoms with Gasteiger partial charge in [0, 0.05) is 6.42 Å². The number of aromatic nitrogens is 3. The zero-order valence-electron chi connectivity index (χ0n) is 11.3. The van der Waals surface area contributed by atoms with Crippen LogP contribution in [0.2, 0.25) is 0 Å². The Morgan fingerprint density at radius 2 is 1.95 bits per heavy atom. The lowest BCUT2D eigenvalue weighted by molar-refractivity contribution is 0.315. The minimum absolute atomic E-state index is 0.379. The molecule has 106 valence electrons. The molecule has 0 spiro atoms. The van der Waals surface area contributed by atoms with Crippen molar-refractivity contribution in [1.82, 2.24) is 15.1 Å². The first-order valence-electron chi connectivity index (χ1n) is 6.53. The lowest BCUT2D eigenvalue weighted by Crippen LogP contribution is -2.02. The Hall–Kier alpha value is -2.89. The molecule has 0 aliphatic rings. The van der Waals surface area contributed by atoms with Gasteiger partial charge in [-0.25, -0.2) is 4.98 Å². The zero-order valence-corrected chi connectivity index (χ0v) is 11.3. The van der Waals surface area contributed by atoms with Crippen molar-refractivity contribution in [2.24, 2.45) is 0 Å². The van der Waals surface area contributed by atoms with E-state index >= 15 is 0 Å². The number of hydrogen-bond donors (Lipinski definition) is 1. The van der Waals surface area contributed by atoms with Crippen LogP contribution in [0.25, 0.3) is 11.6 Å². The van der Waals surface area contributed by atoms with Crippen molar-refractivity contribution in [2.45, 2.75) is 6.42 Å². The van der Waals surface area contributed by atoms with E-state index in [1.165, 1.54) is 0 Å². The van der Waals surface area contributed by atoms with Gasteiger partial charge in [0.15, 0.2) is 5.82 Å². The fraction of sp³-hybridized carbons (Fsp3) is 0.133. The van der Waals surface area contributed by atoms with Crippen LogP contribution in [0, 0.1) is 0 Å². The molecular weight excluding hydrogens is 268 g/mol. The summed E-state index contributed by atoms with van der Waals surface area (Å²) in [4.78, 5) is 8.42. The van der Waals surface area contributed by atoms with E-state index in [1.807, 2.05) is 30.3 Å². The van der Waals surface area contributed by atoms with Crippen molar-refractivity contribution in [2.75, 3.05) is 12.3 Å². The average Bonchev–Trinajstić information content (AvgIpc) is 2.98. The summed E-state index contributed by atoms with van der Waals surface area (Å²) in [7, 11) is 0. The molecule has 3 aromatic rings. The monoisotopic (exact) mass is 282 g/mol. The Morgan fingerprint density at radius 3 is 2.71 bits per heavy atom. The highest BCUT2D eigenvalue weighted by Gasteiger charge is 2.09. The van der Waals surface area contributed by atoms with Crippen molar-refractivity contribution < 1.29 is 9.26 Å². The van der Waals surface area contributed by atoms with Gasteiger partial charge >= 0.3 is 0 Å². The van der Waals surface area contributed by atoms with Gasteiger partial charge < -0.3 is 15.0 Å². The van der Waals surface area contributed by atoms with Gasteiger partial charge in [-0.15, -0.1) is 0 Å². The molecule has 0 amide bonds. The van der Waals surface area contributed by atoms with E-state index in [4.69, 9.17) is 15.0 Å². The van der Waals surface area contributed by atoms with Crippen LogP contribution >= 0.6 is 0 Å². The van der Waals surface area contributed by atoms with Crippen molar-refractivity contribution in [3.05, 3.63) is 54.5 Å². The molecule has 6 nitrogen and oxygen atoms in total. The third-order valence-corrected chi connectivity index (χ3v) is 2.81. The van der Waals surface area contributed by atoms with E-state index in [1.54, 1.807) is 18.3 Å². The van der Waals surface area contributed by atoms with Crippen LogP contribution < -0.4 is 10.5 Å². The van der Waals surface area contributed by atoms with Gasteiger partial charge in [0.2, 0.25) is 0 Å². The number of para-hydroxylation sites is 1. The van der Waals surface area contributed by atoms with Crippen molar-refractivity contribution >= 4 is 5.69 Å². The zero-order chi connectivity index (χ0) is 14.5. The number of anilines is 1. The lowest BCUT2D eigenvalue weighted by Gasteiger charge is -2.02. The summed E-state index contributed by atoms with van der Waals surface area (Å²) in [6, 6.07) is 13.1. The predicted octanol–water partition coefficient (Wildman–Crippen LogP) is 2.34. The van der Waals surface area contributed by atoms with Gasteiger partial charge in [-0.1, -0.05) is 23.4 Å². The van der Waals surface area contributed by atoms with E-state index in [9.17, 15) is 0 Å². The molecular formula is C15H14N4O2. The van der Waals surface area contributed by atoms with Crippen LogP contribution in [-0.2, 0) is 6.42 Å². The molecule has 0 unspecified atom stereocenters. The largest absolute Gasteiger partial charge is 0.493 e. The minimum Gasteiger partial charge on any atom is -0.493 e. The molecule has 2 N–H and O–H groups in total. The number of nitrogens with two attached hydrogens (primary N) is 1. The molecule has 6 heteroatoms. The Bertz CT molecular complexity index is 695. The van der Waals surface area contributed by atoms with E-state index in [2.05, 4.69) is 15.1 Å². The Kier molecular flexibility index (Phi) is 3.77. The normalized spacial score (nSPS) is 10.5. The summed E-state index contributed by atoms with van der Waals surface area (Å²) in [5, 5.41) is 3.91. The third-order valence-electron chi connectivity index (χ3n) is 2.81. The molecule has 0 aliphatic carbocycles. The fourth-order valence-corrected chi connectivity index (χ4v) is 1.77. The van der Waals surface area contributed by atoms with E-state index in [-0.39, 0.29) is 0 Å². The predicted molar refractivity (Wildman–Crippen MR) is 77.6 cm³/mol. The summed E-state index contributed by atoms with van der Waals surface area (Å²) >= 11 is 0. The van der Waals surface area contributed by atoms with Crippen molar-refractivity contribution in [3.63, 3.8) is 0 Å². The van der Waals surface area contributed by atoms with Gasteiger partial charge in [-0.3, -0.25) is 0 Å². The number of pyridine rings is 1. The molecule has 0 saturated carbocycles. The summed E-state index contributed by atoms with van der Waals surface area (Å²) in [5.74, 6) is 1.78. The van der Waals surface area contributed by atoms with Gasteiger partial charge in [0.1, 0.15) is 11.4 Å². The molecule has 1 aromatic carbocycles. The molecule has 21 heavy (non-hydrogen) atoms. The first-order valence-corrected chi connectivity index (χ1v) is 6.53. The quantitative estimate of drug-likeness (QED) is 0.772. The molecule has 0 bridgehead atoms. The smallest absolute Gasteiger partial charge is 0.276 e. The summed E-state index contributed by atoms with van der Waals surface area (Å²) in [5.41, 5.74) is 6.78. The molecule has 0 fully saturated rings. The van der Waals surface area contributed by atoms with Gasteiger partial charge in [-0.2, -0.15) is 4.98 Å². The molecule has 3 rings (SSSR count). The average molecular weight is 282 g/mol. The first kappa shape index (κ1) is 13.1. The van der Waals surface area contributed by atoms with Gasteiger partial charge in [0.05, 0.1) is 18.5 Å². The number of benzene rings is 1. The molecule has 0 atom stereocenters. The van der Waals surface area contributed by atoms with Gasteiger partial charge in [-0.05, 0) is 24.3 Å². The number of nitrogen functional groups attached to an aromatic ring is 1. The molecule has 0 saturated heterocycles. The minimum atomic E-state index is 0.379. The van der Waals surface area contributed by atoms with Crippen LogP contribution in [0.3, 0.4) is 0 Å². The Balaban J connectivity index is 1.59. The molecule has 2 heterocycles. The highest BCUT2D eigenvalue weighted by molar-refractivity contribution is 5.50. The van der Waals surface area contributed by atoms with Crippen LogP contribution in [0.5, 0.6) is 5.75 Å². The SMILES string of the molecule is Nc1ccc(-c2nc(CCOc3ccccc3)no2)nc1. The second kappa shape index (κ2) is 6.04. The van der Waals surface area contributed by atoms with Crippen LogP contribution in [0.15, 0.2) is 53.2 Å². The van der Waals surface area contributed by atoms with E-state index < -0.39 is 0 Å². The van der Waals surface area contributed by atoms with Crippen LogP contribution in [0.1, 0.15) is 5.82 Å². The van der Waals surface area contributed by atoms with Gasteiger partial charge in [0.25, 0.3) is 5.89 Å². The number of ether oxygens (including phenoxy) is 1. The second-order valence-electron chi connectivity index (χ2n) is 4.40. The maximum atomic E-state index is 5.59. The fourth-order valence-electron chi connectivity index (χ4n) is 1.77. The lowest BCUT2D eigenvalue weighted by atomic mass is 10.3. The van der Waals surface area contributed by atoms with Crippen molar-refractivity contribution in [3.8, 4) is 17.3 Å². The third kappa shape index (κ3) is 3.36. The Morgan fingerprint density at radius 1 is 1.10 bits per heavy atom. The van der Waals surface area contributed by atoms with E-state index in [0.29, 0.717) is 36.1 Å². The van der Waals surface area contributed by atoms with Crippen LogP contribution in [0.4, 0.5) is 5.69 Å². The Labute approximate surface area is 121 Å². The summed E-state index contributed by atoms with van der Waals surface area (Å²) < 4.78 is 10.8. The highest BCUT2D eigenvalue weighted by atomic mass is 16.5. The first-order chi connectivity index (χ1) is 10.3. The molecule has 2 aromatic heterocycles. The van der Waals surface area contributed by atoms with E-state index in [0.717, 1.165) is 5.75 Å². The molecule has 0 aliphatic heterocycles. The summed E-state index contributed by atoms with van der Waals surface area (Å²) in [6.07, 6.45) is 2.12. The number of hydrogen-bond acceptors (Lipinski definition) is 6. The topological polar surface area (TPSA) is 87.1 Å². The maximum absolute atomic E-state index is 5.59. The summed E-state index contributed by atoms with van der Waals surface area (Å²) in [6.45, 7) is 0.484.